The number of alkyl halides is 3. The van der Waals surface area contributed by atoms with E-state index in [1.165, 1.54) is 0 Å². The maximum atomic E-state index is 12.7. The smallest absolute Gasteiger partial charge is 0.383 e. The van der Waals surface area contributed by atoms with Crippen LogP contribution in [0.3, 0.4) is 0 Å². The fraction of sp³-hybridized carbons (Fsp3) is 0.375. The van der Waals surface area contributed by atoms with E-state index in [2.05, 4.69) is 15.1 Å². The van der Waals surface area contributed by atoms with Crippen molar-refractivity contribution in [1.29, 1.82) is 0 Å². The van der Waals surface area contributed by atoms with Gasteiger partial charge in [0.15, 0.2) is 0 Å². The Kier molecular flexibility index (Phi) is 4.53. The van der Waals surface area contributed by atoms with Crippen molar-refractivity contribution in [2.24, 2.45) is 5.16 Å². The highest BCUT2D eigenvalue weighted by Crippen LogP contribution is 2.39. The zero-order valence-corrected chi connectivity index (χ0v) is 13.3. The molecule has 25 heavy (non-hydrogen) atoms. The van der Waals surface area contributed by atoms with Crippen LogP contribution >= 0.6 is 0 Å². The topological polar surface area (TPSA) is 68.9 Å². The fourth-order valence-corrected chi connectivity index (χ4v) is 2.40. The zero-order valence-electron chi connectivity index (χ0n) is 13.3. The summed E-state index contributed by atoms with van der Waals surface area (Å²) in [7, 11) is 1.61. The molecule has 1 aliphatic rings. The number of benzene rings is 1. The van der Waals surface area contributed by atoms with Gasteiger partial charge in [-0.3, -0.25) is 4.68 Å². The number of hydrogen-bond acceptors (Lipinski definition) is 5. The van der Waals surface area contributed by atoms with Gasteiger partial charge >= 0.3 is 12.0 Å². The molecule has 1 aromatic carbocycles. The number of halogens is 3. The van der Waals surface area contributed by atoms with Crippen LogP contribution in [0.1, 0.15) is 12.0 Å². The summed E-state index contributed by atoms with van der Waals surface area (Å²) in [5.41, 5.74) is 2.23. The first-order valence-electron chi connectivity index (χ1n) is 7.49. The van der Waals surface area contributed by atoms with Gasteiger partial charge in [0.25, 0.3) is 0 Å². The van der Waals surface area contributed by atoms with Gasteiger partial charge in [0, 0.05) is 18.9 Å². The van der Waals surface area contributed by atoms with E-state index in [4.69, 9.17) is 4.74 Å². The highest BCUT2D eigenvalue weighted by molar-refractivity contribution is 6.01. The van der Waals surface area contributed by atoms with Gasteiger partial charge in [-0.25, -0.2) is 0 Å². The van der Waals surface area contributed by atoms with Crippen molar-refractivity contribution in [2.75, 3.05) is 13.7 Å². The average Bonchev–Trinajstić information content (AvgIpc) is 3.20. The van der Waals surface area contributed by atoms with Crippen molar-refractivity contribution in [1.82, 2.24) is 9.78 Å². The van der Waals surface area contributed by atoms with Gasteiger partial charge < -0.3 is 14.7 Å². The molecular weight excluding hydrogens is 339 g/mol. The van der Waals surface area contributed by atoms with E-state index >= 15 is 0 Å². The van der Waals surface area contributed by atoms with Crippen LogP contribution in [0.5, 0.6) is 0 Å². The molecule has 0 amide bonds. The Hall–Kier alpha value is -2.39. The summed E-state index contributed by atoms with van der Waals surface area (Å²) in [6, 6.07) is 6.76. The summed E-state index contributed by atoms with van der Waals surface area (Å²) in [6.45, 7) is 1.17. The first kappa shape index (κ1) is 17.4. The fourth-order valence-electron chi connectivity index (χ4n) is 2.40. The predicted molar refractivity (Wildman–Crippen MR) is 82.8 cm³/mol. The van der Waals surface area contributed by atoms with Gasteiger partial charge in [0.05, 0.1) is 31.5 Å². The van der Waals surface area contributed by atoms with E-state index in [9.17, 15) is 18.3 Å². The second-order valence-corrected chi connectivity index (χ2v) is 5.65. The average molecular weight is 355 g/mol. The zero-order chi connectivity index (χ0) is 18.1. The van der Waals surface area contributed by atoms with Crippen molar-refractivity contribution >= 4 is 5.71 Å². The van der Waals surface area contributed by atoms with Crippen LogP contribution in [-0.2, 0) is 16.1 Å². The van der Waals surface area contributed by atoms with E-state index < -0.39 is 18.4 Å². The van der Waals surface area contributed by atoms with Crippen LogP contribution in [0.25, 0.3) is 11.1 Å². The van der Waals surface area contributed by atoms with Crippen LogP contribution in [0.4, 0.5) is 13.2 Å². The second kappa shape index (κ2) is 6.49. The molecule has 6 nitrogen and oxygen atoms in total. The van der Waals surface area contributed by atoms with Crippen molar-refractivity contribution in [3.63, 3.8) is 0 Å². The van der Waals surface area contributed by atoms with Crippen molar-refractivity contribution < 1.29 is 27.9 Å². The van der Waals surface area contributed by atoms with Crippen molar-refractivity contribution in [3.05, 3.63) is 42.2 Å². The summed E-state index contributed by atoms with van der Waals surface area (Å²) < 4.78 is 45.0. The monoisotopic (exact) mass is 355 g/mol. The van der Waals surface area contributed by atoms with Crippen LogP contribution < -0.4 is 0 Å². The molecule has 0 spiro atoms. The predicted octanol–water partition coefficient (Wildman–Crippen LogP) is 2.57. The largest absolute Gasteiger partial charge is 0.458 e. The third-order valence-electron chi connectivity index (χ3n) is 3.87. The molecule has 1 aliphatic heterocycles. The Labute approximate surface area is 141 Å². The van der Waals surface area contributed by atoms with E-state index in [1.807, 2.05) is 6.20 Å². The maximum Gasteiger partial charge on any atom is 0.458 e. The Bertz CT molecular complexity index is 771. The number of methoxy groups -OCH3 is 1. The number of ether oxygens (including phenoxy) is 1. The Morgan fingerprint density at radius 1 is 1.24 bits per heavy atom. The van der Waals surface area contributed by atoms with Gasteiger partial charge in [-0.05, 0) is 11.1 Å². The van der Waals surface area contributed by atoms with Crippen LogP contribution in [0.2, 0.25) is 0 Å². The molecule has 1 atom stereocenters. The lowest BCUT2D eigenvalue weighted by atomic mass is 10.00. The molecule has 1 N–H and O–H groups in total. The summed E-state index contributed by atoms with van der Waals surface area (Å²) in [4.78, 5) is 4.22. The Balaban J connectivity index is 1.72. The normalized spacial score (nSPS) is 20.4. The number of rotatable bonds is 5. The van der Waals surface area contributed by atoms with Gasteiger partial charge in [-0.2, -0.15) is 18.3 Å². The third kappa shape index (κ3) is 3.52. The molecule has 0 aliphatic carbocycles. The molecule has 1 aromatic heterocycles. The summed E-state index contributed by atoms with van der Waals surface area (Å²) in [5, 5.41) is 17.1. The van der Waals surface area contributed by atoms with Crippen LogP contribution in [-0.4, -0.2) is 46.3 Å². The number of hydrogen-bond donors (Lipinski definition) is 1. The molecule has 0 radical (unpaired) electrons. The Morgan fingerprint density at radius 3 is 2.52 bits per heavy atom. The highest BCUT2D eigenvalue weighted by Gasteiger charge is 2.60. The first-order valence-corrected chi connectivity index (χ1v) is 7.49. The molecule has 1 unspecified atom stereocenters. The quantitative estimate of drug-likeness (QED) is 0.895. The van der Waals surface area contributed by atoms with Gasteiger partial charge in [0.1, 0.15) is 0 Å². The molecule has 134 valence electrons. The van der Waals surface area contributed by atoms with Crippen LogP contribution in [0.15, 0.2) is 41.8 Å². The minimum absolute atomic E-state index is 0.0437. The number of aromatic nitrogens is 2. The highest BCUT2D eigenvalue weighted by atomic mass is 19.4. The lowest BCUT2D eigenvalue weighted by molar-refractivity contribution is -0.355. The summed E-state index contributed by atoms with van der Waals surface area (Å²) >= 11 is 0. The molecule has 0 bridgehead atoms. The van der Waals surface area contributed by atoms with Gasteiger partial charge in [-0.1, -0.05) is 29.4 Å². The molecular formula is C16H16F3N3O3. The molecule has 0 fully saturated rings. The SMILES string of the molecule is COCCn1cc(-c2ccc(C3=NOC(O)(C(F)(F)F)C3)cc2)cn1. The number of nitrogens with zero attached hydrogens (tertiary/aromatic N) is 3. The molecule has 2 aromatic rings. The minimum Gasteiger partial charge on any atom is -0.383 e. The maximum absolute atomic E-state index is 12.7. The lowest BCUT2D eigenvalue weighted by Gasteiger charge is -2.22. The molecule has 0 saturated carbocycles. The number of oxime groups is 1. The van der Waals surface area contributed by atoms with Gasteiger partial charge in [0.2, 0.25) is 0 Å². The van der Waals surface area contributed by atoms with Crippen molar-refractivity contribution in [2.45, 2.75) is 24.9 Å². The first-order chi connectivity index (χ1) is 11.8. The molecule has 9 heteroatoms. The van der Waals surface area contributed by atoms with Crippen molar-refractivity contribution in [3.8, 4) is 11.1 Å². The molecule has 3 rings (SSSR count). The van der Waals surface area contributed by atoms with E-state index in [-0.39, 0.29) is 5.71 Å². The van der Waals surface area contributed by atoms with E-state index in [0.717, 1.165) is 11.1 Å². The Morgan fingerprint density at radius 2 is 1.92 bits per heavy atom. The van der Waals surface area contributed by atoms with E-state index in [1.54, 1.807) is 42.3 Å². The standard InChI is InChI=1S/C16H16F3N3O3/c1-24-7-6-22-10-13(9-20-22)11-2-4-12(5-3-11)14-8-15(23,25-21-14)16(17,18)19/h2-5,9-10,23H,6-8H2,1H3. The van der Waals surface area contributed by atoms with E-state index in [0.29, 0.717) is 18.7 Å². The van der Waals surface area contributed by atoms with Crippen LogP contribution in [0, 0.1) is 0 Å². The third-order valence-corrected chi connectivity index (χ3v) is 3.87. The molecule has 2 heterocycles. The van der Waals surface area contributed by atoms with Gasteiger partial charge in [-0.15, -0.1) is 0 Å². The second-order valence-electron chi connectivity index (χ2n) is 5.65. The minimum atomic E-state index is -4.91. The summed E-state index contributed by atoms with van der Waals surface area (Å²) in [6.07, 6.45) is -2.10. The lowest BCUT2D eigenvalue weighted by Crippen LogP contribution is -2.45. The molecule has 0 saturated heterocycles. The summed E-state index contributed by atoms with van der Waals surface area (Å²) in [5.74, 6) is -3.26. The number of aliphatic hydroxyl groups is 1.